The molecule has 0 fully saturated rings. The Kier molecular flexibility index (Phi) is 6.36. The molecule has 1 aromatic rings. The lowest BCUT2D eigenvalue weighted by Gasteiger charge is -2.17. The van der Waals surface area contributed by atoms with E-state index in [1.54, 1.807) is 0 Å². The Balaban J connectivity index is 2.74. The first-order chi connectivity index (χ1) is 9.83. The minimum atomic E-state index is -1.06. The van der Waals surface area contributed by atoms with Gasteiger partial charge in [-0.25, -0.2) is 13.6 Å². The van der Waals surface area contributed by atoms with Crippen molar-refractivity contribution >= 4 is 29.3 Å². The number of urea groups is 1. The summed E-state index contributed by atoms with van der Waals surface area (Å²) in [6.45, 7) is 1.84. The van der Waals surface area contributed by atoms with Crippen LogP contribution in [0.15, 0.2) is 12.1 Å². The zero-order valence-electron chi connectivity index (χ0n) is 11.3. The number of carboxylic acids is 1. The lowest BCUT2D eigenvalue weighted by molar-refractivity contribution is -0.137. The van der Waals surface area contributed by atoms with Crippen LogP contribution in [0.25, 0.3) is 0 Å². The summed E-state index contributed by atoms with van der Waals surface area (Å²) >= 11 is 5.64. The Bertz CT molecular complexity index is 517. The van der Waals surface area contributed by atoms with Crippen molar-refractivity contribution in [3.05, 3.63) is 28.8 Å². The fourth-order valence-electron chi connectivity index (χ4n) is 1.78. The number of aliphatic carboxylic acids is 1. The minimum absolute atomic E-state index is 0.249. The van der Waals surface area contributed by atoms with E-state index in [0.717, 1.165) is 6.07 Å². The van der Waals surface area contributed by atoms with Gasteiger partial charge in [0.05, 0.1) is 17.1 Å². The van der Waals surface area contributed by atoms with Crippen LogP contribution in [-0.2, 0) is 4.79 Å². The maximum absolute atomic E-state index is 13.5. The quantitative estimate of drug-likeness (QED) is 0.752. The summed E-state index contributed by atoms with van der Waals surface area (Å²) in [7, 11) is 0. The number of carbonyl (C=O) groups excluding carboxylic acids is 1. The van der Waals surface area contributed by atoms with Crippen LogP contribution in [0.2, 0.25) is 5.02 Å². The minimum Gasteiger partial charge on any atom is -0.481 e. The molecule has 0 heterocycles. The number of hydrogen-bond acceptors (Lipinski definition) is 2. The van der Waals surface area contributed by atoms with Crippen LogP contribution in [-0.4, -0.2) is 23.1 Å². The summed E-state index contributed by atoms with van der Waals surface area (Å²) in [5.41, 5.74) is -0.360. The van der Waals surface area contributed by atoms with Crippen LogP contribution >= 0.6 is 11.6 Å². The van der Waals surface area contributed by atoms with Gasteiger partial charge < -0.3 is 15.7 Å². The average Bonchev–Trinajstić information content (AvgIpc) is 2.33. The molecule has 116 valence electrons. The van der Waals surface area contributed by atoms with Gasteiger partial charge in [0.15, 0.2) is 5.82 Å². The summed E-state index contributed by atoms with van der Waals surface area (Å²) in [4.78, 5) is 22.4. The summed E-state index contributed by atoms with van der Waals surface area (Å²) in [6, 6.07) is 0.0559. The van der Waals surface area contributed by atoms with E-state index >= 15 is 0 Å². The van der Waals surface area contributed by atoms with E-state index < -0.39 is 29.7 Å². The summed E-state index contributed by atoms with van der Waals surface area (Å²) in [6.07, 6.45) is 0.879. The van der Waals surface area contributed by atoms with Gasteiger partial charge in [-0.15, -0.1) is 0 Å². The molecular formula is C13H15ClF2N2O3. The number of nitrogens with one attached hydrogen (secondary N) is 2. The van der Waals surface area contributed by atoms with Crippen molar-refractivity contribution in [2.75, 3.05) is 5.32 Å². The molecule has 0 bridgehead atoms. The number of anilines is 1. The van der Waals surface area contributed by atoms with Crippen molar-refractivity contribution < 1.29 is 23.5 Å². The fraction of sp³-hybridized carbons (Fsp3) is 0.385. The smallest absolute Gasteiger partial charge is 0.319 e. The number of benzene rings is 1. The largest absolute Gasteiger partial charge is 0.481 e. The highest BCUT2D eigenvalue weighted by molar-refractivity contribution is 6.33. The Morgan fingerprint density at radius 1 is 1.38 bits per heavy atom. The van der Waals surface area contributed by atoms with E-state index in [1.807, 2.05) is 6.92 Å². The number of hydrogen-bond donors (Lipinski definition) is 3. The number of carboxylic acid groups (broad SMARTS) is 1. The molecule has 0 spiro atoms. The van der Waals surface area contributed by atoms with Gasteiger partial charge in [-0.3, -0.25) is 4.79 Å². The molecular weight excluding hydrogens is 306 g/mol. The average molecular weight is 321 g/mol. The Hall–Kier alpha value is -1.89. The highest BCUT2D eigenvalue weighted by atomic mass is 35.5. The second kappa shape index (κ2) is 7.78. The fourth-order valence-corrected chi connectivity index (χ4v) is 2.02. The van der Waals surface area contributed by atoms with Crippen molar-refractivity contribution in [2.45, 2.75) is 32.2 Å². The number of halogens is 3. The monoisotopic (exact) mass is 320 g/mol. The number of carbonyl (C=O) groups is 2. The van der Waals surface area contributed by atoms with Gasteiger partial charge in [-0.05, 0) is 12.5 Å². The predicted molar refractivity (Wildman–Crippen MR) is 74.5 cm³/mol. The normalized spacial score (nSPS) is 11.8. The van der Waals surface area contributed by atoms with E-state index in [0.29, 0.717) is 18.9 Å². The molecule has 8 heteroatoms. The maximum Gasteiger partial charge on any atom is 0.319 e. The summed E-state index contributed by atoms with van der Waals surface area (Å²) in [5, 5.41) is 13.0. The van der Waals surface area contributed by atoms with Crippen molar-refractivity contribution in [1.82, 2.24) is 5.32 Å². The standard InChI is InChI=1S/C13H15ClF2N2O3/c1-2-3-8(6-11(19)20)17-13(21)18-12-9(14)4-7(15)5-10(12)16/h4-5,8H,2-3,6H2,1H3,(H,19,20)(H2,17,18,21). The molecule has 1 atom stereocenters. The molecule has 3 N–H and O–H groups in total. The van der Waals surface area contributed by atoms with Crippen LogP contribution in [0.1, 0.15) is 26.2 Å². The van der Waals surface area contributed by atoms with Gasteiger partial charge in [-0.2, -0.15) is 0 Å². The first-order valence-corrected chi connectivity index (χ1v) is 6.65. The SMILES string of the molecule is CCCC(CC(=O)O)NC(=O)Nc1c(F)cc(F)cc1Cl. The highest BCUT2D eigenvalue weighted by Gasteiger charge is 2.17. The maximum atomic E-state index is 13.5. The van der Waals surface area contributed by atoms with Gasteiger partial charge in [0.1, 0.15) is 5.82 Å². The lowest BCUT2D eigenvalue weighted by Crippen LogP contribution is -2.39. The van der Waals surface area contributed by atoms with Crippen molar-refractivity contribution in [1.29, 1.82) is 0 Å². The lowest BCUT2D eigenvalue weighted by atomic mass is 10.1. The molecule has 1 aromatic carbocycles. The number of rotatable bonds is 6. The summed E-state index contributed by atoms with van der Waals surface area (Å²) < 4.78 is 26.4. The van der Waals surface area contributed by atoms with Gasteiger partial charge in [0, 0.05) is 12.1 Å². The third kappa shape index (κ3) is 5.55. The predicted octanol–water partition coefficient (Wildman–Crippen LogP) is 3.38. The Morgan fingerprint density at radius 3 is 2.57 bits per heavy atom. The van der Waals surface area contributed by atoms with Gasteiger partial charge >= 0.3 is 12.0 Å². The third-order valence-electron chi connectivity index (χ3n) is 2.64. The Labute approximate surface area is 125 Å². The molecule has 21 heavy (non-hydrogen) atoms. The van der Waals surface area contributed by atoms with Crippen LogP contribution in [0.3, 0.4) is 0 Å². The van der Waals surface area contributed by atoms with E-state index in [-0.39, 0.29) is 17.1 Å². The second-order valence-corrected chi connectivity index (χ2v) is 4.83. The van der Waals surface area contributed by atoms with Crippen LogP contribution in [0, 0.1) is 11.6 Å². The molecule has 5 nitrogen and oxygen atoms in total. The molecule has 0 saturated heterocycles. The van der Waals surface area contributed by atoms with Crippen LogP contribution in [0.5, 0.6) is 0 Å². The molecule has 0 saturated carbocycles. The first kappa shape index (κ1) is 17.2. The van der Waals surface area contributed by atoms with Gasteiger partial charge in [0.2, 0.25) is 0 Å². The first-order valence-electron chi connectivity index (χ1n) is 6.27. The molecule has 0 aliphatic carbocycles. The van der Waals surface area contributed by atoms with Gasteiger partial charge in [-0.1, -0.05) is 24.9 Å². The van der Waals surface area contributed by atoms with Crippen molar-refractivity contribution in [3.8, 4) is 0 Å². The molecule has 1 unspecified atom stereocenters. The molecule has 0 radical (unpaired) electrons. The topological polar surface area (TPSA) is 78.4 Å². The van der Waals surface area contributed by atoms with Crippen molar-refractivity contribution in [3.63, 3.8) is 0 Å². The number of amides is 2. The zero-order chi connectivity index (χ0) is 16.0. The summed E-state index contributed by atoms with van der Waals surface area (Å²) in [5.74, 6) is -2.93. The van der Waals surface area contributed by atoms with Crippen LogP contribution < -0.4 is 10.6 Å². The molecule has 1 rings (SSSR count). The molecule has 0 aliphatic rings. The molecule has 0 aliphatic heterocycles. The van der Waals surface area contributed by atoms with E-state index in [4.69, 9.17) is 16.7 Å². The molecule has 0 aromatic heterocycles. The highest BCUT2D eigenvalue weighted by Crippen LogP contribution is 2.26. The van der Waals surface area contributed by atoms with Gasteiger partial charge in [0.25, 0.3) is 0 Å². The van der Waals surface area contributed by atoms with E-state index in [1.165, 1.54) is 0 Å². The third-order valence-corrected chi connectivity index (χ3v) is 2.94. The second-order valence-electron chi connectivity index (χ2n) is 4.43. The van der Waals surface area contributed by atoms with E-state index in [9.17, 15) is 18.4 Å². The zero-order valence-corrected chi connectivity index (χ0v) is 12.0. The van der Waals surface area contributed by atoms with Crippen molar-refractivity contribution in [2.24, 2.45) is 0 Å². The van der Waals surface area contributed by atoms with E-state index in [2.05, 4.69) is 10.6 Å². The molecule has 2 amide bonds. The van der Waals surface area contributed by atoms with Crippen LogP contribution in [0.4, 0.5) is 19.3 Å². The Morgan fingerprint density at radius 2 is 2.05 bits per heavy atom.